The molecule has 0 bridgehead atoms. The molecule has 0 saturated carbocycles. The van der Waals surface area contributed by atoms with Gasteiger partial charge in [-0.2, -0.15) is 0 Å². The van der Waals surface area contributed by atoms with Crippen molar-refractivity contribution in [1.29, 1.82) is 0 Å². The van der Waals surface area contributed by atoms with Crippen LogP contribution in [0, 0.1) is 5.92 Å². The molecule has 25 heavy (non-hydrogen) atoms. The lowest BCUT2D eigenvalue weighted by Crippen LogP contribution is -2.53. The average molecular weight is 344 g/mol. The van der Waals surface area contributed by atoms with Gasteiger partial charge in [-0.05, 0) is 23.6 Å². The summed E-state index contributed by atoms with van der Waals surface area (Å²) in [4.78, 5) is 29.8. The van der Waals surface area contributed by atoms with Crippen LogP contribution in [0.2, 0.25) is 0 Å². The summed E-state index contributed by atoms with van der Waals surface area (Å²) in [6.07, 6.45) is 0. The Hall–Kier alpha value is -1.92. The number of carbonyl (C=O) groups is 2. The molecule has 2 unspecified atom stereocenters. The Balaban J connectivity index is 1.57. The van der Waals surface area contributed by atoms with E-state index in [-0.39, 0.29) is 11.8 Å². The number of likely N-dealkylation sites (tertiary alicyclic amines) is 1. The maximum Gasteiger partial charge on any atom is 0.248 e. The summed E-state index contributed by atoms with van der Waals surface area (Å²) >= 11 is 0. The molecular formula is C19H28N4O2. The van der Waals surface area contributed by atoms with Crippen molar-refractivity contribution in [2.75, 3.05) is 39.3 Å². The number of piperazine rings is 1. The van der Waals surface area contributed by atoms with E-state index >= 15 is 0 Å². The minimum absolute atomic E-state index is 0.176. The van der Waals surface area contributed by atoms with Crippen LogP contribution in [0.25, 0.3) is 0 Å². The van der Waals surface area contributed by atoms with E-state index in [4.69, 9.17) is 5.73 Å². The number of nitrogens with two attached hydrogens (primary N) is 1. The Bertz CT molecular complexity index is 640. The minimum atomic E-state index is -0.377. The summed E-state index contributed by atoms with van der Waals surface area (Å²) in [7, 11) is 0. The highest BCUT2D eigenvalue weighted by atomic mass is 16.2. The van der Waals surface area contributed by atoms with E-state index in [1.165, 1.54) is 0 Å². The third-order valence-electron chi connectivity index (χ3n) is 5.49. The van der Waals surface area contributed by atoms with Crippen LogP contribution in [0.4, 0.5) is 0 Å². The number of rotatable bonds is 4. The molecule has 2 aliphatic rings. The van der Waals surface area contributed by atoms with E-state index in [0.717, 1.165) is 51.4 Å². The maximum absolute atomic E-state index is 11.5. The van der Waals surface area contributed by atoms with Crippen LogP contribution in [0.3, 0.4) is 0 Å². The number of hydrogen-bond acceptors (Lipinski definition) is 4. The first-order chi connectivity index (χ1) is 11.9. The van der Waals surface area contributed by atoms with Gasteiger partial charge in [-0.25, -0.2) is 0 Å². The molecule has 2 amide bonds. The summed E-state index contributed by atoms with van der Waals surface area (Å²) in [5, 5.41) is 0. The number of carbonyl (C=O) groups excluding carboxylic acids is 2. The van der Waals surface area contributed by atoms with Crippen LogP contribution >= 0.6 is 0 Å². The normalized spacial score (nSPS) is 25.3. The van der Waals surface area contributed by atoms with Gasteiger partial charge in [0.25, 0.3) is 0 Å². The molecule has 1 aromatic carbocycles. The molecule has 2 atom stereocenters. The van der Waals surface area contributed by atoms with E-state index in [1.807, 2.05) is 17.0 Å². The highest BCUT2D eigenvalue weighted by molar-refractivity contribution is 5.92. The van der Waals surface area contributed by atoms with Gasteiger partial charge in [0.15, 0.2) is 0 Å². The van der Waals surface area contributed by atoms with Gasteiger partial charge in [0.05, 0.1) is 0 Å². The zero-order valence-corrected chi connectivity index (χ0v) is 15.1. The minimum Gasteiger partial charge on any atom is -0.366 e. The zero-order chi connectivity index (χ0) is 18.0. The molecule has 2 N–H and O–H groups in total. The first-order valence-electron chi connectivity index (χ1n) is 9.04. The second kappa shape index (κ2) is 7.54. The van der Waals surface area contributed by atoms with Gasteiger partial charge in [-0.15, -0.1) is 0 Å². The molecule has 3 rings (SSSR count). The van der Waals surface area contributed by atoms with E-state index in [9.17, 15) is 9.59 Å². The average Bonchev–Trinajstić information content (AvgIpc) is 2.95. The summed E-state index contributed by atoms with van der Waals surface area (Å²) < 4.78 is 0. The Morgan fingerprint density at radius 1 is 1.16 bits per heavy atom. The summed E-state index contributed by atoms with van der Waals surface area (Å²) in [5.41, 5.74) is 7.08. The number of nitrogens with zero attached hydrogens (tertiary/aromatic N) is 3. The van der Waals surface area contributed by atoms with Crippen molar-refractivity contribution in [1.82, 2.24) is 14.7 Å². The molecule has 6 heteroatoms. The lowest BCUT2D eigenvalue weighted by atomic mass is 10.0. The number of benzene rings is 1. The SMILES string of the molecule is CC(=O)N1CCN(C2CN(Cc3cccc(C(N)=O)c3)CC2C)CC1. The van der Waals surface area contributed by atoms with Crippen LogP contribution < -0.4 is 5.73 Å². The molecule has 1 aromatic rings. The first-order valence-corrected chi connectivity index (χ1v) is 9.04. The van der Waals surface area contributed by atoms with Crippen LogP contribution in [0.5, 0.6) is 0 Å². The van der Waals surface area contributed by atoms with Gasteiger partial charge in [-0.1, -0.05) is 19.1 Å². The largest absolute Gasteiger partial charge is 0.366 e. The van der Waals surface area contributed by atoms with Gasteiger partial charge in [0.1, 0.15) is 0 Å². The molecule has 0 aliphatic carbocycles. The predicted molar refractivity (Wildman–Crippen MR) is 97.0 cm³/mol. The van der Waals surface area contributed by atoms with Gasteiger partial charge < -0.3 is 10.6 Å². The third-order valence-corrected chi connectivity index (χ3v) is 5.49. The lowest BCUT2D eigenvalue weighted by Gasteiger charge is -2.39. The van der Waals surface area contributed by atoms with Gasteiger partial charge >= 0.3 is 0 Å². The molecule has 0 radical (unpaired) electrons. The molecule has 2 heterocycles. The van der Waals surface area contributed by atoms with Crippen molar-refractivity contribution in [2.24, 2.45) is 11.7 Å². The summed E-state index contributed by atoms with van der Waals surface area (Å²) in [6.45, 7) is 10.5. The molecule has 136 valence electrons. The predicted octanol–water partition coefficient (Wildman–Crippen LogP) is 0.770. The van der Waals surface area contributed by atoms with Crippen LogP contribution in [-0.2, 0) is 11.3 Å². The lowest BCUT2D eigenvalue weighted by molar-refractivity contribution is -0.130. The van der Waals surface area contributed by atoms with E-state index in [2.05, 4.69) is 22.8 Å². The van der Waals surface area contributed by atoms with E-state index in [0.29, 0.717) is 17.5 Å². The quantitative estimate of drug-likeness (QED) is 0.876. The molecular weight excluding hydrogens is 316 g/mol. The standard InChI is InChI=1S/C19H28N4O2/c1-14-11-21(12-16-4-3-5-17(10-16)19(20)25)13-18(14)23-8-6-22(7-9-23)15(2)24/h3-5,10,14,18H,6-9,11-13H2,1-2H3,(H2,20,25). The fraction of sp³-hybridized carbons (Fsp3) is 0.579. The van der Waals surface area contributed by atoms with Crippen LogP contribution in [0.1, 0.15) is 29.8 Å². The van der Waals surface area contributed by atoms with Crippen molar-refractivity contribution in [3.63, 3.8) is 0 Å². The second-order valence-electron chi connectivity index (χ2n) is 7.35. The Morgan fingerprint density at radius 3 is 2.52 bits per heavy atom. The van der Waals surface area contributed by atoms with Crippen molar-refractivity contribution in [3.05, 3.63) is 35.4 Å². The molecule has 0 aromatic heterocycles. The van der Waals surface area contributed by atoms with Crippen LogP contribution in [-0.4, -0.2) is 71.8 Å². The van der Waals surface area contributed by atoms with Crippen molar-refractivity contribution >= 4 is 11.8 Å². The van der Waals surface area contributed by atoms with Crippen molar-refractivity contribution < 1.29 is 9.59 Å². The van der Waals surface area contributed by atoms with Crippen LogP contribution in [0.15, 0.2) is 24.3 Å². The monoisotopic (exact) mass is 344 g/mol. The number of hydrogen-bond donors (Lipinski definition) is 1. The van der Waals surface area contributed by atoms with E-state index < -0.39 is 0 Å². The first kappa shape index (κ1) is 17.9. The third kappa shape index (κ3) is 4.19. The van der Waals surface area contributed by atoms with Gasteiger partial charge in [0.2, 0.25) is 11.8 Å². The Kier molecular flexibility index (Phi) is 5.39. The van der Waals surface area contributed by atoms with E-state index in [1.54, 1.807) is 13.0 Å². The maximum atomic E-state index is 11.5. The molecule has 6 nitrogen and oxygen atoms in total. The summed E-state index contributed by atoms with van der Waals surface area (Å²) in [5.74, 6) is 0.399. The van der Waals surface area contributed by atoms with Crippen molar-refractivity contribution in [3.8, 4) is 0 Å². The zero-order valence-electron chi connectivity index (χ0n) is 15.1. The Labute approximate surface area is 149 Å². The van der Waals surface area contributed by atoms with Crippen molar-refractivity contribution in [2.45, 2.75) is 26.4 Å². The fourth-order valence-corrected chi connectivity index (χ4v) is 4.10. The molecule has 0 spiro atoms. The summed E-state index contributed by atoms with van der Waals surface area (Å²) in [6, 6.07) is 8.14. The smallest absolute Gasteiger partial charge is 0.248 e. The highest BCUT2D eigenvalue weighted by Gasteiger charge is 2.35. The van der Waals surface area contributed by atoms with Gasteiger partial charge in [-0.3, -0.25) is 19.4 Å². The number of amides is 2. The second-order valence-corrected chi connectivity index (χ2v) is 7.35. The fourth-order valence-electron chi connectivity index (χ4n) is 4.10. The van der Waals surface area contributed by atoms with Gasteiger partial charge in [0, 0.05) is 64.3 Å². The Morgan fingerprint density at radius 2 is 1.88 bits per heavy atom. The molecule has 2 aliphatic heterocycles. The molecule has 2 saturated heterocycles. The topological polar surface area (TPSA) is 69.9 Å². The number of primary amides is 1. The highest BCUT2D eigenvalue weighted by Crippen LogP contribution is 2.24. The molecule has 2 fully saturated rings.